The number of nitrogens with zero attached hydrogens (tertiary/aromatic N) is 3. The molecule has 0 spiro atoms. The lowest BCUT2D eigenvalue weighted by molar-refractivity contribution is -0.138. The second-order valence-electron chi connectivity index (χ2n) is 5.56. The molecule has 20 heavy (non-hydrogen) atoms. The fourth-order valence-electron chi connectivity index (χ4n) is 3.05. The SMILES string of the molecule is CC1CC(O)(c2cnnn2-c2ccccc2)CC(C)O1. The van der Waals surface area contributed by atoms with Gasteiger partial charge in [-0.25, -0.2) is 4.68 Å². The lowest BCUT2D eigenvalue weighted by atomic mass is 9.85. The molecule has 5 nitrogen and oxygen atoms in total. The molecule has 2 atom stereocenters. The molecule has 1 saturated heterocycles. The van der Waals surface area contributed by atoms with Crippen LogP contribution >= 0.6 is 0 Å². The fourth-order valence-corrected chi connectivity index (χ4v) is 3.05. The molecule has 0 radical (unpaired) electrons. The number of rotatable bonds is 2. The Morgan fingerprint density at radius 1 is 1.20 bits per heavy atom. The number of benzene rings is 1. The third kappa shape index (κ3) is 2.34. The zero-order valence-corrected chi connectivity index (χ0v) is 11.7. The van der Waals surface area contributed by atoms with Crippen LogP contribution in [0.15, 0.2) is 36.5 Å². The standard InChI is InChI=1S/C15H19N3O2/c1-11-8-15(19,9-12(2)20-11)14-10-16-17-18(14)13-6-4-3-5-7-13/h3-7,10-12,19H,8-9H2,1-2H3. The van der Waals surface area contributed by atoms with Crippen LogP contribution < -0.4 is 0 Å². The van der Waals surface area contributed by atoms with Gasteiger partial charge in [0.15, 0.2) is 0 Å². The normalized spacial score (nSPS) is 30.4. The molecule has 5 heteroatoms. The van der Waals surface area contributed by atoms with Gasteiger partial charge >= 0.3 is 0 Å². The molecule has 1 N–H and O–H groups in total. The zero-order chi connectivity index (χ0) is 14.2. The molecule has 3 rings (SSSR count). The summed E-state index contributed by atoms with van der Waals surface area (Å²) >= 11 is 0. The first-order chi connectivity index (χ1) is 9.58. The minimum absolute atomic E-state index is 0.0165. The Morgan fingerprint density at radius 2 is 1.85 bits per heavy atom. The predicted molar refractivity (Wildman–Crippen MR) is 74.5 cm³/mol. The van der Waals surface area contributed by atoms with E-state index in [1.54, 1.807) is 10.9 Å². The third-order valence-electron chi connectivity index (χ3n) is 3.74. The molecule has 1 aromatic carbocycles. The van der Waals surface area contributed by atoms with Gasteiger partial charge in [0, 0.05) is 12.8 Å². The van der Waals surface area contributed by atoms with Gasteiger partial charge in [0.25, 0.3) is 0 Å². The quantitative estimate of drug-likeness (QED) is 0.909. The highest BCUT2D eigenvalue weighted by atomic mass is 16.5. The molecular weight excluding hydrogens is 254 g/mol. The van der Waals surface area contributed by atoms with E-state index in [0.29, 0.717) is 12.8 Å². The average Bonchev–Trinajstić information content (AvgIpc) is 2.88. The van der Waals surface area contributed by atoms with E-state index in [4.69, 9.17) is 4.74 Å². The summed E-state index contributed by atoms with van der Waals surface area (Å²) in [5, 5.41) is 19.1. The van der Waals surface area contributed by atoms with Crippen LogP contribution in [-0.4, -0.2) is 32.3 Å². The number of aromatic nitrogens is 3. The zero-order valence-electron chi connectivity index (χ0n) is 11.7. The van der Waals surface area contributed by atoms with E-state index in [0.717, 1.165) is 11.4 Å². The van der Waals surface area contributed by atoms with Gasteiger partial charge in [0.2, 0.25) is 0 Å². The molecule has 106 valence electrons. The van der Waals surface area contributed by atoms with Crippen molar-refractivity contribution in [2.24, 2.45) is 0 Å². The van der Waals surface area contributed by atoms with E-state index >= 15 is 0 Å². The van der Waals surface area contributed by atoms with E-state index in [2.05, 4.69) is 10.3 Å². The van der Waals surface area contributed by atoms with Crippen LogP contribution in [0.5, 0.6) is 0 Å². The molecule has 0 saturated carbocycles. The van der Waals surface area contributed by atoms with Crippen molar-refractivity contribution in [3.05, 3.63) is 42.2 Å². The monoisotopic (exact) mass is 273 g/mol. The van der Waals surface area contributed by atoms with Crippen molar-refractivity contribution in [1.29, 1.82) is 0 Å². The number of aliphatic hydroxyl groups is 1. The molecule has 1 aliphatic heterocycles. The summed E-state index contributed by atoms with van der Waals surface area (Å²) in [6.07, 6.45) is 2.79. The third-order valence-corrected chi connectivity index (χ3v) is 3.74. The van der Waals surface area contributed by atoms with Gasteiger partial charge in [-0.3, -0.25) is 0 Å². The highest BCUT2D eigenvalue weighted by molar-refractivity contribution is 5.33. The van der Waals surface area contributed by atoms with Crippen molar-refractivity contribution >= 4 is 0 Å². The van der Waals surface area contributed by atoms with Crippen molar-refractivity contribution in [2.75, 3.05) is 0 Å². The molecule has 2 heterocycles. The number of hydrogen-bond acceptors (Lipinski definition) is 4. The Kier molecular flexibility index (Phi) is 3.31. The first-order valence-electron chi connectivity index (χ1n) is 6.93. The molecular formula is C15H19N3O2. The van der Waals surface area contributed by atoms with E-state index in [1.807, 2.05) is 44.2 Å². The van der Waals surface area contributed by atoms with E-state index in [-0.39, 0.29) is 12.2 Å². The predicted octanol–water partition coefficient (Wildman–Crippen LogP) is 2.04. The summed E-state index contributed by atoms with van der Waals surface area (Å²) in [6, 6.07) is 9.75. The van der Waals surface area contributed by atoms with Gasteiger partial charge < -0.3 is 9.84 Å². The minimum atomic E-state index is -0.948. The van der Waals surface area contributed by atoms with Crippen LogP contribution in [0.3, 0.4) is 0 Å². The summed E-state index contributed by atoms with van der Waals surface area (Å²) in [5.74, 6) is 0. The van der Waals surface area contributed by atoms with Gasteiger partial charge in [0.05, 0.1) is 29.8 Å². The van der Waals surface area contributed by atoms with Gasteiger partial charge in [-0.05, 0) is 26.0 Å². The van der Waals surface area contributed by atoms with E-state index < -0.39 is 5.60 Å². The van der Waals surface area contributed by atoms with Crippen LogP contribution in [0.4, 0.5) is 0 Å². The summed E-state index contributed by atoms with van der Waals surface area (Å²) in [5.41, 5.74) is 0.682. The van der Waals surface area contributed by atoms with Gasteiger partial charge in [-0.1, -0.05) is 23.4 Å². The molecule has 0 amide bonds. The van der Waals surface area contributed by atoms with Crippen LogP contribution in [0.25, 0.3) is 5.69 Å². The van der Waals surface area contributed by atoms with E-state index in [9.17, 15) is 5.11 Å². The molecule has 1 fully saturated rings. The van der Waals surface area contributed by atoms with Crippen molar-refractivity contribution in [3.8, 4) is 5.69 Å². The van der Waals surface area contributed by atoms with Crippen molar-refractivity contribution in [1.82, 2.24) is 15.0 Å². The summed E-state index contributed by atoms with van der Waals surface area (Å²) in [4.78, 5) is 0. The highest BCUT2D eigenvalue weighted by Crippen LogP contribution is 2.37. The number of ether oxygens (including phenoxy) is 1. The molecule has 1 aliphatic rings. The van der Waals surface area contributed by atoms with E-state index in [1.165, 1.54) is 0 Å². The van der Waals surface area contributed by atoms with Crippen LogP contribution in [-0.2, 0) is 10.3 Å². The second kappa shape index (κ2) is 5.00. The fraction of sp³-hybridized carbons (Fsp3) is 0.467. The number of hydrogen-bond donors (Lipinski definition) is 1. The largest absolute Gasteiger partial charge is 0.383 e. The number of para-hydroxylation sites is 1. The maximum atomic E-state index is 11.0. The summed E-state index contributed by atoms with van der Waals surface area (Å²) in [6.45, 7) is 3.97. The smallest absolute Gasteiger partial charge is 0.113 e. The van der Waals surface area contributed by atoms with Crippen molar-refractivity contribution in [2.45, 2.75) is 44.5 Å². The second-order valence-corrected chi connectivity index (χ2v) is 5.56. The highest BCUT2D eigenvalue weighted by Gasteiger charge is 2.41. The summed E-state index contributed by atoms with van der Waals surface area (Å²) in [7, 11) is 0. The molecule has 0 aliphatic carbocycles. The van der Waals surface area contributed by atoms with Crippen molar-refractivity contribution in [3.63, 3.8) is 0 Å². The molecule has 2 unspecified atom stereocenters. The van der Waals surface area contributed by atoms with Gasteiger partial charge in [-0.15, -0.1) is 5.10 Å². The van der Waals surface area contributed by atoms with Gasteiger partial charge in [0.1, 0.15) is 5.60 Å². The first-order valence-corrected chi connectivity index (χ1v) is 6.93. The topological polar surface area (TPSA) is 60.2 Å². The molecule has 0 bridgehead atoms. The van der Waals surface area contributed by atoms with Crippen LogP contribution in [0.2, 0.25) is 0 Å². The van der Waals surface area contributed by atoms with Crippen LogP contribution in [0, 0.1) is 0 Å². The summed E-state index contributed by atoms with van der Waals surface area (Å²) < 4.78 is 7.43. The Labute approximate surface area is 118 Å². The van der Waals surface area contributed by atoms with Crippen molar-refractivity contribution < 1.29 is 9.84 Å². The maximum Gasteiger partial charge on any atom is 0.113 e. The van der Waals surface area contributed by atoms with Crippen LogP contribution in [0.1, 0.15) is 32.4 Å². The Bertz CT molecular complexity index is 572. The Balaban J connectivity index is 2.01. The minimum Gasteiger partial charge on any atom is -0.383 e. The maximum absolute atomic E-state index is 11.0. The van der Waals surface area contributed by atoms with Gasteiger partial charge in [-0.2, -0.15) is 0 Å². The molecule has 1 aromatic heterocycles. The lowest BCUT2D eigenvalue weighted by Crippen LogP contribution is -2.42. The average molecular weight is 273 g/mol. The Morgan fingerprint density at radius 3 is 2.50 bits per heavy atom. The first kappa shape index (κ1) is 13.3. The molecule has 2 aromatic rings. The lowest BCUT2D eigenvalue weighted by Gasteiger charge is -2.38. The Hall–Kier alpha value is -1.72.